The molecule has 4 aliphatic carbocycles. The maximum Gasteiger partial charge on any atom is 0.254 e. The number of thiazole rings is 1. The number of fused-ring (bicyclic) bond motifs is 1. The van der Waals surface area contributed by atoms with Gasteiger partial charge in [0.25, 0.3) is 5.91 Å². The third-order valence-corrected chi connectivity index (χ3v) is 9.44. The molecule has 4 fully saturated rings. The number of rotatable bonds is 5. The van der Waals surface area contributed by atoms with Crippen LogP contribution in [0, 0.1) is 23.2 Å². The van der Waals surface area contributed by atoms with Crippen molar-refractivity contribution in [3.05, 3.63) is 23.0 Å². The topological polar surface area (TPSA) is 77.7 Å². The third kappa shape index (κ3) is 3.46. The highest BCUT2D eigenvalue weighted by molar-refractivity contribution is 7.90. The van der Waals surface area contributed by atoms with E-state index >= 15 is 0 Å². The van der Waals surface area contributed by atoms with Crippen LogP contribution in [0.5, 0.6) is 0 Å². The molecule has 1 amide bonds. The number of ether oxygens (including phenoxy) is 1. The quantitative estimate of drug-likeness (QED) is 0.702. The Morgan fingerprint density at radius 1 is 1.20 bits per heavy atom. The molecule has 0 saturated heterocycles. The van der Waals surface area contributed by atoms with Crippen molar-refractivity contribution in [1.82, 2.24) is 4.57 Å². The summed E-state index contributed by atoms with van der Waals surface area (Å²) < 4.78 is 32.0. The number of methoxy groups -OCH3 is 1. The largest absolute Gasteiger partial charge is 0.383 e. The van der Waals surface area contributed by atoms with E-state index < -0.39 is 9.84 Å². The lowest BCUT2D eigenvalue weighted by Crippen LogP contribution is -2.50. The molecule has 1 aromatic carbocycles. The molecule has 2 aromatic rings. The van der Waals surface area contributed by atoms with E-state index in [0.717, 1.165) is 29.5 Å². The van der Waals surface area contributed by atoms with Crippen molar-refractivity contribution in [3.63, 3.8) is 0 Å². The summed E-state index contributed by atoms with van der Waals surface area (Å²) in [5.41, 5.74) is 0.614. The molecule has 4 aliphatic rings. The Labute approximate surface area is 180 Å². The molecular weight excluding hydrogens is 420 g/mol. The van der Waals surface area contributed by atoms with Crippen LogP contribution in [0.25, 0.3) is 10.2 Å². The summed E-state index contributed by atoms with van der Waals surface area (Å²) in [6.45, 7) is 1.07. The molecule has 8 heteroatoms. The van der Waals surface area contributed by atoms with E-state index in [2.05, 4.69) is 4.99 Å². The van der Waals surface area contributed by atoms with Gasteiger partial charge in [-0.1, -0.05) is 11.3 Å². The van der Waals surface area contributed by atoms with Gasteiger partial charge in [-0.05, 0) is 74.5 Å². The van der Waals surface area contributed by atoms with E-state index in [1.807, 2.05) is 10.6 Å². The van der Waals surface area contributed by atoms with E-state index in [4.69, 9.17) is 4.74 Å². The Hall–Kier alpha value is -1.51. The highest BCUT2D eigenvalue weighted by Crippen LogP contribution is 2.60. The molecule has 0 unspecified atom stereocenters. The van der Waals surface area contributed by atoms with Crippen molar-refractivity contribution in [2.75, 3.05) is 20.0 Å². The minimum absolute atomic E-state index is 0.0302. The lowest BCUT2D eigenvalue weighted by Gasteiger charge is -2.55. The zero-order valence-corrected chi connectivity index (χ0v) is 19.1. The number of sulfone groups is 1. The van der Waals surface area contributed by atoms with Crippen LogP contribution in [0.3, 0.4) is 0 Å². The predicted molar refractivity (Wildman–Crippen MR) is 116 cm³/mol. The Kier molecular flexibility index (Phi) is 4.95. The number of carbonyl (C=O) groups excluding carboxylic acids is 1. The van der Waals surface area contributed by atoms with Gasteiger partial charge in [-0.3, -0.25) is 4.79 Å². The van der Waals surface area contributed by atoms with E-state index in [-0.39, 0.29) is 16.2 Å². The first-order valence-corrected chi connectivity index (χ1v) is 13.4. The fourth-order valence-corrected chi connectivity index (χ4v) is 8.16. The highest BCUT2D eigenvalue weighted by Gasteiger charge is 2.54. The average molecular weight is 449 g/mol. The van der Waals surface area contributed by atoms with Gasteiger partial charge in [-0.25, -0.2) is 8.42 Å². The molecule has 0 aliphatic heterocycles. The number of hydrogen-bond donors (Lipinski definition) is 0. The van der Waals surface area contributed by atoms with Crippen molar-refractivity contribution < 1.29 is 17.9 Å². The second-order valence-corrected chi connectivity index (χ2v) is 12.6. The van der Waals surface area contributed by atoms with Crippen LogP contribution in [0.2, 0.25) is 0 Å². The van der Waals surface area contributed by atoms with Gasteiger partial charge in [0.2, 0.25) is 0 Å². The lowest BCUT2D eigenvalue weighted by molar-refractivity contribution is -0.142. The molecule has 162 valence electrons. The van der Waals surface area contributed by atoms with Crippen molar-refractivity contribution in [2.24, 2.45) is 28.2 Å². The molecule has 1 heterocycles. The van der Waals surface area contributed by atoms with E-state index in [9.17, 15) is 13.2 Å². The number of hydrogen-bond acceptors (Lipinski definition) is 5. The number of carbonyl (C=O) groups is 1. The van der Waals surface area contributed by atoms with Crippen molar-refractivity contribution in [3.8, 4) is 0 Å². The summed E-state index contributed by atoms with van der Waals surface area (Å²) in [5.74, 6) is 2.10. The number of benzene rings is 1. The lowest BCUT2D eigenvalue weighted by atomic mass is 9.49. The molecule has 6 rings (SSSR count). The molecule has 0 atom stereocenters. The number of amides is 1. The SMILES string of the molecule is COCCn1c(=NC(=O)C23CC4CC(CC(C4)C2)C3)sc2cc(S(C)(=O)=O)ccc21. The smallest absolute Gasteiger partial charge is 0.254 e. The Morgan fingerprint density at radius 2 is 1.83 bits per heavy atom. The van der Waals surface area contributed by atoms with Crippen LogP contribution < -0.4 is 4.80 Å². The second-order valence-electron chi connectivity index (χ2n) is 9.55. The maximum absolute atomic E-state index is 13.5. The summed E-state index contributed by atoms with van der Waals surface area (Å²) in [6.07, 6.45) is 8.04. The third-order valence-electron chi connectivity index (χ3n) is 7.29. The van der Waals surface area contributed by atoms with Gasteiger partial charge in [0.1, 0.15) is 0 Å². The molecule has 4 bridgehead atoms. The fourth-order valence-electron chi connectivity index (χ4n) is 6.35. The van der Waals surface area contributed by atoms with Crippen LogP contribution >= 0.6 is 11.3 Å². The maximum atomic E-state index is 13.5. The van der Waals surface area contributed by atoms with Gasteiger partial charge in [0.15, 0.2) is 14.6 Å². The molecule has 30 heavy (non-hydrogen) atoms. The zero-order valence-electron chi connectivity index (χ0n) is 17.5. The van der Waals surface area contributed by atoms with Gasteiger partial charge < -0.3 is 9.30 Å². The normalized spacial score (nSPS) is 31.0. The molecular formula is C22H28N2O4S2. The summed E-state index contributed by atoms with van der Waals surface area (Å²) >= 11 is 1.39. The Bertz CT molecular complexity index is 1140. The molecule has 4 saturated carbocycles. The van der Waals surface area contributed by atoms with Crippen molar-refractivity contribution in [2.45, 2.75) is 50.0 Å². The van der Waals surface area contributed by atoms with Crippen molar-refractivity contribution >= 4 is 37.3 Å². The number of nitrogens with zero attached hydrogens (tertiary/aromatic N) is 2. The van der Waals surface area contributed by atoms with E-state index in [0.29, 0.717) is 35.7 Å². The van der Waals surface area contributed by atoms with Crippen LogP contribution in [0.1, 0.15) is 38.5 Å². The van der Waals surface area contributed by atoms with Gasteiger partial charge in [0.05, 0.1) is 27.1 Å². The van der Waals surface area contributed by atoms with E-state index in [1.54, 1.807) is 19.2 Å². The van der Waals surface area contributed by atoms with Crippen LogP contribution in [0.4, 0.5) is 0 Å². The molecule has 1 aromatic heterocycles. The summed E-state index contributed by atoms with van der Waals surface area (Å²) in [7, 11) is -1.65. The predicted octanol–water partition coefficient (Wildman–Crippen LogP) is 3.40. The van der Waals surface area contributed by atoms with Gasteiger partial charge in [-0.2, -0.15) is 4.99 Å². The Balaban J connectivity index is 1.58. The molecule has 6 nitrogen and oxygen atoms in total. The fraction of sp³-hybridized carbons (Fsp3) is 0.636. The van der Waals surface area contributed by atoms with Gasteiger partial charge >= 0.3 is 0 Å². The van der Waals surface area contributed by atoms with E-state index in [1.165, 1.54) is 36.9 Å². The minimum atomic E-state index is -3.29. The summed E-state index contributed by atoms with van der Waals surface area (Å²) in [4.78, 5) is 19.1. The molecule has 0 N–H and O–H groups in total. The minimum Gasteiger partial charge on any atom is -0.383 e. The number of aromatic nitrogens is 1. The van der Waals surface area contributed by atoms with Crippen LogP contribution in [-0.4, -0.2) is 38.9 Å². The average Bonchev–Trinajstić information content (AvgIpc) is 3.00. The van der Waals surface area contributed by atoms with Crippen LogP contribution in [0.15, 0.2) is 28.1 Å². The second kappa shape index (κ2) is 7.28. The standard InChI is InChI=1S/C22H28N2O4S2/c1-28-6-5-24-18-4-3-17(30(2,26)27)10-19(18)29-21(24)23-20(25)22-11-14-7-15(12-22)9-16(8-14)13-22/h3-4,10,14-16H,5-9,11-13H2,1-2H3. The summed E-state index contributed by atoms with van der Waals surface area (Å²) in [5, 5.41) is 0. The first-order valence-electron chi connectivity index (χ1n) is 10.7. The monoisotopic (exact) mass is 448 g/mol. The summed E-state index contributed by atoms with van der Waals surface area (Å²) in [6, 6.07) is 5.12. The highest BCUT2D eigenvalue weighted by atomic mass is 32.2. The zero-order chi connectivity index (χ0) is 21.1. The van der Waals surface area contributed by atoms with Crippen molar-refractivity contribution in [1.29, 1.82) is 0 Å². The first kappa shape index (κ1) is 20.4. The first-order chi connectivity index (χ1) is 14.3. The van der Waals surface area contributed by atoms with Gasteiger partial charge in [0, 0.05) is 19.9 Å². The molecule has 0 radical (unpaired) electrons. The molecule has 0 spiro atoms. The van der Waals surface area contributed by atoms with Gasteiger partial charge in [-0.15, -0.1) is 0 Å². The Morgan fingerprint density at radius 3 is 2.40 bits per heavy atom. The van der Waals surface area contributed by atoms with Crippen LogP contribution in [-0.2, 0) is 25.9 Å².